The fraction of sp³-hybridized carbons (Fsp3) is 0.844. The molecule has 4 fully saturated rings. The largest absolute Gasteiger partial charge is 0.395 e. The SMILES string of the molecule is CC(C)(C)[C@H](NC(=O)NC1(CS(=O)(=O)C(C)(C)CO)CCCCC1)C(=O)N1C[C@H]2[C@@H]([C@H]1C(=O)NCC(=O)C(=O)NC1CC1)C2(C)C. The van der Waals surface area contributed by atoms with Gasteiger partial charge in [-0.05, 0) is 62.2 Å². The Kier molecular flexibility index (Phi) is 9.97. The molecule has 4 rings (SSSR count). The van der Waals surface area contributed by atoms with Crippen molar-refractivity contribution in [2.24, 2.45) is 22.7 Å². The number of carbonyl (C=O) groups excluding carboxylic acids is 5. The molecule has 13 nitrogen and oxygen atoms in total. The third-order valence-electron chi connectivity index (χ3n) is 10.6. The van der Waals surface area contributed by atoms with Crippen LogP contribution in [0.25, 0.3) is 0 Å². The summed E-state index contributed by atoms with van der Waals surface area (Å²) in [6.45, 7) is 11.6. The highest BCUT2D eigenvalue weighted by Gasteiger charge is 2.69. The van der Waals surface area contributed by atoms with Crippen LogP contribution in [0.1, 0.15) is 93.4 Å². The molecular formula is C32H53N5O8S. The monoisotopic (exact) mass is 667 g/mol. The van der Waals surface area contributed by atoms with E-state index in [1.165, 1.54) is 18.7 Å². The number of likely N-dealkylation sites (tertiary alicyclic amines) is 1. The van der Waals surface area contributed by atoms with Crippen LogP contribution >= 0.6 is 0 Å². The number of aliphatic hydroxyl groups is 1. The average Bonchev–Trinajstić information content (AvgIpc) is 3.80. The Morgan fingerprint density at radius 2 is 1.59 bits per heavy atom. The van der Waals surface area contributed by atoms with Gasteiger partial charge in [-0.3, -0.25) is 19.2 Å². The van der Waals surface area contributed by atoms with Crippen LogP contribution in [-0.2, 0) is 29.0 Å². The molecule has 260 valence electrons. The van der Waals surface area contributed by atoms with Crippen LogP contribution in [0.2, 0.25) is 0 Å². The van der Waals surface area contributed by atoms with Gasteiger partial charge >= 0.3 is 6.03 Å². The van der Waals surface area contributed by atoms with Crippen molar-refractivity contribution >= 4 is 39.4 Å². The molecule has 5 amide bonds. The van der Waals surface area contributed by atoms with E-state index in [1.54, 1.807) is 20.8 Å². The summed E-state index contributed by atoms with van der Waals surface area (Å²) in [5.41, 5.74) is -2.03. The second kappa shape index (κ2) is 12.7. The smallest absolute Gasteiger partial charge is 0.315 e. The Labute approximate surface area is 272 Å². The first-order valence-electron chi connectivity index (χ1n) is 16.5. The Bertz CT molecular complexity index is 1340. The molecular weight excluding hydrogens is 614 g/mol. The number of rotatable bonds is 12. The van der Waals surface area contributed by atoms with Crippen LogP contribution in [0, 0.1) is 22.7 Å². The van der Waals surface area contributed by atoms with Crippen molar-refractivity contribution in [3.8, 4) is 0 Å². The average molecular weight is 668 g/mol. The highest BCUT2D eigenvalue weighted by Crippen LogP contribution is 2.65. The molecule has 4 atom stereocenters. The molecule has 0 aromatic heterocycles. The van der Waals surface area contributed by atoms with Crippen LogP contribution in [0.4, 0.5) is 4.79 Å². The summed E-state index contributed by atoms with van der Waals surface area (Å²) in [6, 6.07) is -2.60. The molecule has 0 aromatic rings. The number of aliphatic hydroxyl groups excluding tert-OH is 1. The first kappa shape index (κ1) is 36.1. The second-order valence-corrected chi connectivity index (χ2v) is 18.8. The predicted molar refractivity (Wildman–Crippen MR) is 171 cm³/mol. The maximum absolute atomic E-state index is 14.2. The molecule has 46 heavy (non-hydrogen) atoms. The third kappa shape index (κ3) is 7.53. The quantitative estimate of drug-likeness (QED) is 0.191. The van der Waals surface area contributed by atoms with Gasteiger partial charge in [-0.1, -0.05) is 53.9 Å². The number of carbonyl (C=O) groups is 5. The van der Waals surface area contributed by atoms with Crippen molar-refractivity contribution < 1.29 is 37.5 Å². The minimum Gasteiger partial charge on any atom is -0.395 e. The maximum Gasteiger partial charge on any atom is 0.315 e. The van der Waals surface area contributed by atoms with E-state index in [4.69, 9.17) is 0 Å². The van der Waals surface area contributed by atoms with Gasteiger partial charge in [-0.25, -0.2) is 13.2 Å². The van der Waals surface area contributed by atoms with E-state index in [0.717, 1.165) is 32.1 Å². The molecule has 1 saturated heterocycles. The van der Waals surface area contributed by atoms with Gasteiger partial charge in [0.1, 0.15) is 12.1 Å². The number of urea groups is 1. The molecule has 0 bridgehead atoms. The zero-order valence-corrected chi connectivity index (χ0v) is 29.1. The van der Waals surface area contributed by atoms with Crippen molar-refractivity contribution in [2.75, 3.05) is 25.4 Å². The summed E-state index contributed by atoms with van der Waals surface area (Å²) < 4.78 is 25.2. The molecule has 1 heterocycles. The van der Waals surface area contributed by atoms with E-state index in [-0.39, 0.29) is 29.0 Å². The Morgan fingerprint density at radius 3 is 2.13 bits per heavy atom. The van der Waals surface area contributed by atoms with Crippen LogP contribution in [0.3, 0.4) is 0 Å². The Hall–Kier alpha value is -2.74. The third-order valence-corrected chi connectivity index (χ3v) is 13.4. The molecule has 0 unspecified atom stereocenters. The first-order valence-corrected chi connectivity index (χ1v) is 18.1. The fourth-order valence-corrected chi connectivity index (χ4v) is 8.75. The molecule has 0 radical (unpaired) electrons. The molecule has 5 N–H and O–H groups in total. The first-order chi connectivity index (χ1) is 21.2. The summed E-state index contributed by atoms with van der Waals surface area (Å²) in [7, 11) is -3.81. The number of fused-ring (bicyclic) bond motifs is 1. The predicted octanol–water partition coefficient (Wildman–Crippen LogP) is 1.04. The van der Waals surface area contributed by atoms with E-state index < -0.39 is 80.3 Å². The summed E-state index contributed by atoms with van der Waals surface area (Å²) in [4.78, 5) is 67.3. The Morgan fingerprint density at radius 1 is 0.978 bits per heavy atom. The number of ketones is 1. The van der Waals surface area contributed by atoms with Crippen molar-refractivity contribution in [3.63, 3.8) is 0 Å². The van der Waals surface area contributed by atoms with E-state index >= 15 is 0 Å². The molecule has 3 aliphatic carbocycles. The number of nitrogens with zero attached hydrogens (tertiary/aromatic N) is 1. The number of hydrogen-bond donors (Lipinski definition) is 5. The minimum atomic E-state index is -3.81. The van der Waals surface area contributed by atoms with Gasteiger partial charge in [-0.2, -0.15) is 0 Å². The van der Waals surface area contributed by atoms with Crippen LogP contribution < -0.4 is 21.3 Å². The van der Waals surface area contributed by atoms with Crippen molar-refractivity contribution in [1.29, 1.82) is 0 Å². The minimum absolute atomic E-state index is 0.00642. The van der Waals surface area contributed by atoms with Crippen molar-refractivity contribution in [1.82, 2.24) is 26.2 Å². The molecule has 0 spiro atoms. The molecule has 4 aliphatic rings. The number of piperidine rings is 1. The van der Waals surface area contributed by atoms with Crippen LogP contribution in [0.15, 0.2) is 0 Å². The van der Waals surface area contributed by atoms with E-state index in [9.17, 15) is 37.5 Å². The zero-order chi connectivity index (χ0) is 34.5. The highest BCUT2D eigenvalue weighted by atomic mass is 32.2. The Balaban J connectivity index is 1.49. The van der Waals surface area contributed by atoms with Gasteiger partial charge in [0.05, 0.1) is 29.2 Å². The molecule has 1 aliphatic heterocycles. The van der Waals surface area contributed by atoms with E-state index in [1.807, 2.05) is 13.8 Å². The van der Waals surface area contributed by atoms with Crippen molar-refractivity contribution in [2.45, 2.75) is 122 Å². The van der Waals surface area contributed by atoms with Gasteiger partial charge < -0.3 is 31.3 Å². The highest BCUT2D eigenvalue weighted by molar-refractivity contribution is 7.92. The number of Topliss-reactive ketones (excluding diaryl/α,β-unsaturated/α-hetero) is 1. The summed E-state index contributed by atoms with van der Waals surface area (Å²) >= 11 is 0. The summed E-state index contributed by atoms with van der Waals surface area (Å²) in [6.07, 6.45) is 4.90. The lowest BCUT2D eigenvalue weighted by atomic mass is 9.83. The standard InChI is InChI=1S/C32H53N5O8S/c1-29(2,3)24(35-28(43)36-32(13-9-8-10-14-32)18-46(44,45)30(4,5)17-38)27(42)37-16-20-22(31(20,6)7)23(37)26(41)33-15-21(39)25(40)34-19-11-12-19/h19-20,22-24,38H,8-18H2,1-7H3,(H,33,41)(H,34,40)(H2,35,36,43)/t20-,22-,23-,24+/m0/s1. The number of nitrogens with one attached hydrogen (secondary N) is 4. The fourth-order valence-electron chi connectivity index (χ4n) is 7.07. The van der Waals surface area contributed by atoms with Gasteiger partial charge in [-0.15, -0.1) is 0 Å². The van der Waals surface area contributed by atoms with E-state index in [0.29, 0.717) is 19.4 Å². The normalized spacial score (nSPS) is 25.9. The molecule has 3 saturated carbocycles. The van der Waals surface area contributed by atoms with Gasteiger partial charge in [0.2, 0.25) is 17.6 Å². The van der Waals surface area contributed by atoms with Gasteiger partial charge in [0, 0.05) is 12.6 Å². The second-order valence-electron chi connectivity index (χ2n) is 16.2. The van der Waals surface area contributed by atoms with E-state index in [2.05, 4.69) is 21.3 Å². The van der Waals surface area contributed by atoms with Crippen LogP contribution in [0.5, 0.6) is 0 Å². The zero-order valence-electron chi connectivity index (χ0n) is 28.3. The number of amides is 5. The lowest BCUT2D eigenvalue weighted by molar-refractivity contribution is -0.144. The summed E-state index contributed by atoms with van der Waals surface area (Å²) in [5.74, 6) is -2.88. The van der Waals surface area contributed by atoms with Crippen LogP contribution in [-0.4, -0.2) is 102 Å². The topological polar surface area (TPSA) is 191 Å². The number of hydrogen-bond acceptors (Lipinski definition) is 8. The van der Waals surface area contributed by atoms with Crippen molar-refractivity contribution in [3.05, 3.63) is 0 Å². The lowest BCUT2D eigenvalue weighted by Crippen LogP contribution is -2.64. The molecule has 14 heteroatoms. The number of sulfone groups is 1. The molecule has 0 aromatic carbocycles. The lowest BCUT2D eigenvalue weighted by Gasteiger charge is -2.41. The summed E-state index contributed by atoms with van der Waals surface area (Å²) in [5, 5.41) is 20.7. The maximum atomic E-state index is 14.2. The van der Waals surface area contributed by atoms with Gasteiger partial charge in [0.25, 0.3) is 5.91 Å². The van der Waals surface area contributed by atoms with Gasteiger partial charge in [0.15, 0.2) is 9.84 Å².